The second-order valence-corrected chi connectivity index (χ2v) is 10.5. The van der Waals surface area contributed by atoms with Gasteiger partial charge in [0.2, 0.25) is 0 Å². The number of amides is 1. The monoisotopic (exact) mass is 609 g/mol. The maximum atomic E-state index is 13.5. The van der Waals surface area contributed by atoms with Crippen LogP contribution in [0.1, 0.15) is 29.8 Å². The van der Waals surface area contributed by atoms with Gasteiger partial charge >= 0.3 is 29.6 Å². The fraction of sp³-hybridized carbons (Fsp3) is 0.148. The smallest absolute Gasteiger partial charge is 0.870 e. The molecule has 13 heteroatoms. The normalized spacial score (nSPS) is 11.4. The SMILES string of the molecule is CCOc1cccc(Cl)c1NC(=O)c1cc2ccccc2c(N=Nc2cc(CC)cc(Cl)c2S(=O)(=O)O)c1[O-].[Na+]. The topological polar surface area (TPSA) is 140 Å². The second kappa shape index (κ2) is 13.3. The summed E-state index contributed by atoms with van der Waals surface area (Å²) in [6.07, 6.45) is 0.491. The molecule has 0 heterocycles. The Bertz CT molecular complexity index is 1730. The third-order valence-electron chi connectivity index (χ3n) is 5.74. The van der Waals surface area contributed by atoms with Crippen LogP contribution in [0.3, 0.4) is 0 Å². The summed E-state index contributed by atoms with van der Waals surface area (Å²) in [5.74, 6) is -1.19. The van der Waals surface area contributed by atoms with E-state index in [9.17, 15) is 22.9 Å². The van der Waals surface area contributed by atoms with E-state index in [1.807, 2.05) is 6.92 Å². The number of halogens is 2. The summed E-state index contributed by atoms with van der Waals surface area (Å²) in [5, 5.41) is 25.1. The number of para-hydroxylation sites is 1. The van der Waals surface area contributed by atoms with E-state index in [-0.39, 0.29) is 62.2 Å². The molecule has 0 saturated carbocycles. The van der Waals surface area contributed by atoms with Crippen molar-refractivity contribution >= 4 is 67.1 Å². The molecule has 4 aromatic rings. The number of benzene rings is 4. The van der Waals surface area contributed by atoms with E-state index in [4.69, 9.17) is 27.9 Å². The van der Waals surface area contributed by atoms with Crippen LogP contribution in [0, 0.1) is 0 Å². The van der Waals surface area contributed by atoms with Crippen molar-refractivity contribution in [2.24, 2.45) is 10.2 Å². The molecule has 4 rings (SSSR count). The van der Waals surface area contributed by atoms with Crippen LogP contribution >= 0.6 is 23.2 Å². The Hall–Kier alpha value is -2.70. The Balaban J connectivity index is 0.00000441. The first-order valence-electron chi connectivity index (χ1n) is 11.7. The van der Waals surface area contributed by atoms with Crippen molar-refractivity contribution in [2.45, 2.75) is 25.2 Å². The molecular formula is C27H22Cl2N3NaO6S. The molecule has 0 aliphatic heterocycles. The van der Waals surface area contributed by atoms with Crippen molar-refractivity contribution in [2.75, 3.05) is 11.9 Å². The summed E-state index contributed by atoms with van der Waals surface area (Å²) < 4.78 is 39.3. The number of carbonyl (C=O) groups excluding carboxylic acids is 1. The minimum absolute atomic E-state index is 0. The van der Waals surface area contributed by atoms with Gasteiger partial charge in [-0.2, -0.15) is 13.5 Å². The first-order chi connectivity index (χ1) is 18.5. The number of carbonyl (C=O) groups is 1. The number of ether oxygens (including phenoxy) is 1. The molecule has 0 fully saturated rings. The van der Waals surface area contributed by atoms with Crippen molar-refractivity contribution < 1.29 is 57.2 Å². The first-order valence-corrected chi connectivity index (χ1v) is 13.9. The Labute approximate surface area is 263 Å². The molecule has 0 unspecified atom stereocenters. The summed E-state index contributed by atoms with van der Waals surface area (Å²) in [6.45, 7) is 3.92. The molecule has 0 aliphatic rings. The van der Waals surface area contributed by atoms with Crippen LogP contribution < -0.4 is 44.7 Å². The fourth-order valence-corrected chi connectivity index (χ4v) is 5.34. The van der Waals surface area contributed by atoms with Gasteiger partial charge in [-0.3, -0.25) is 9.35 Å². The number of hydrogen-bond donors (Lipinski definition) is 2. The Morgan fingerprint density at radius 2 is 1.75 bits per heavy atom. The van der Waals surface area contributed by atoms with Crippen LogP contribution in [0.2, 0.25) is 10.0 Å². The minimum atomic E-state index is -4.77. The Morgan fingerprint density at radius 1 is 1.02 bits per heavy atom. The zero-order chi connectivity index (χ0) is 28.3. The Morgan fingerprint density at radius 3 is 2.42 bits per heavy atom. The van der Waals surface area contributed by atoms with Gasteiger partial charge in [0.25, 0.3) is 16.0 Å². The predicted octanol–water partition coefficient (Wildman–Crippen LogP) is 4.10. The van der Waals surface area contributed by atoms with E-state index in [2.05, 4.69) is 15.5 Å². The maximum absolute atomic E-state index is 13.5. The number of azo groups is 1. The zero-order valence-corrected chi connectivity index (χ0v) is 26.1. The molecule has 1 amide bonds. The van der Waals surface area contributed by atoms with Gasteiger partial charge in [0.05, 0.1) is 22.3 Å². The van der Waals surface area contributed by atoms with Crippen molar-refractivity contribution in [3.8, 4) is 11.5 Å². The van der Waals surface area contributed by atoms with Gasteiger partial charge in [-0.1, -0.05) is 66.2 Å². The molecule has 40 heavy (non-hydrogen) atoms. The third-order valence-corrected chi connectivity index (χ3v) is 7.41. The average molecular weight is 610 g/mol. The van der Waals surface area contributed by atoms with Crippen LogP contribution in [0.5, 0.6) is 11.5 Å². The average Bonchev–Trinajstić information content (AvgIpc) is 2.88. The standard InChI is InChI=1S/C27H23Cl2N3O6S.Na/c1-3-15-12-20(29)26(39(35,36)37)21(13-15)31-32-23-17-9-6-5-8-16(17)14-18(25(23)33)27(34)30-24-19(28)10-7-11-22(24)38-4-2;/h5-14,33H,3-4H2,1-2H3,(H,30,34)(H,35,36,37);/q;+1/p-1. The quantitative estimate of drug-likeness (QED) is 0.175. The predicted molar refractivity (Wildman–Crippen MR) is 149 cm³/mol. The van der Waals surface area contributed by atoms with Crippen molar-refractivity contribution in [1.29, 1.82) is 0 Å². The van der Waals surface area contributed by atoms with Gasteiger partial charge in [-0.15, -0.1) is 5.11 Å². The number of aryl methyl sites for hydroxylation is 1. The molecule has 0 atom stereocenters. The molecular weight excluding hydrogens is 588 g/mol. The molecule has 9 nitrogen and oxygen atoms in total. The van der Waals surface area contributed by atoms with Gasteiger partial charge in [0.1, 0.15) is 22.0 Å². The van der Waals surface area contributed by atoms with E-state index in [1.54, 1.807) is 49.4 Å². The molecule has 0 aromatic heterocycles. The molecule has 0 spiro atoms. The second-order valence-electron chi connectivity index (χ2n) is 8.28. The van der Waals surface area contributed by atoms with Gasteiger partial charge in [0, 0.05) is 10.9 Å². The number of anilines is 1. The number of nitrogens with zero attached hydrogens (tertiary/aromatic N) is 2. The number of hydrogen-bond acceptors (Lipinski definition) is 7. The van der Waals surface area contributed by atoms with Crippen LogP contribution in [0.25, 0.3) is 10.8 Å². The first kappa shape index (κ1) is 31.8. The Kier molecular flexibility index (Phi) is 10.6. The summed E-state index contributed by atoms with van der Waals surface area (Å²) in [6, 6.07) is 15.8. The molecule has 0 saturated heterocycles. The van der Waals surface area contributed by atoms with E-state index >= 15 is 0 Å². The number of rotatable bonds is 8. The van der Waals surface area contributed by atoms with Crippen LogP contribution in [0.4, 0.5) is 17.1 Å². The van der Waals surface area contributed by atoms with Crippen molar-refractivity contribution in [3.63, 3.8) is 0 Å². The van der Waals surface area contributed by atoms with Gasteiger partial charge in [-0.25, -0.2) is 0 Å². The summed E-state index contributed by atoms with van der Waals surface area (Å²) in [7, 11) is -4.77. The van der Waals surface area contributed by atoms with Crippen LogP contribution in [-0.2, 0) is 16.5 Å². The van der Waals surface area contributed by atoms with E-state index < -0.39 is 26.7 Å². The summed E-state index contributed by atoms with van der Waals surface area (Å²) in [5.41, 5.74) is 0.122. The fourth-order valence-electron chi connectivity index (χ4n) is 3.93. The molecule has 0 radical (unpaired) electrons. The molecule has 0 aliphatic carbocycles. The van der Waals surface area contributed by atoms with Gasteiger partial charge < -0.3 is 15.2 Å². The molecule has 0 bridgehead atoms. The van der Waals surface area contributed by atoms with Crippen LogP contribution in [0.15, 0.2) is 75.8 Å². The van der Waals surface area contributed by atoms with Crippen LogP contribution in [-0.4, -0.2) is 25.5 Å². The van der Waals surface area contributed by atoms with E-state index in [0.29, 0.717) is 35.1 Å². The largest absolute Gasteiger partial charge is 1.00 e. The summed E-state index contributed by atoms with van der Waals surface area (Å²) >= 11 is 12.4. The van der Waals surface area contributed by atoms with Gasteiger partial charge in [-0.05, 0) is 54.6 Å². The van der Waals surface area contributed by atoms with Gasteiger partial charge in [0.15, 0.2) is 0 Å². The third kappa shape index (κ3) is 6.77. The molecule has 2 N–H and O–H groups in total. The van der Waals surface area contributed by atoms with E-state index in [1.165, 1.54) is 18.2 Å². The summed E-state index contributed by atoms with van der Waals surface area (Å²) in [4.78, 5) is 12.7. The molecule has 4 aromatic carbocycles. The molecule has 202 valence electrons. The van der Waals surface area contributed by atoms with Crippen molar-refractivity contribution in [1.82, 2.24) is 0 Å². The van der Waals surface area contributed by atoms with E-state index in [0.717, 1.165) is 0 Å². The zero-order valence-electron chi connectivity index (χ0n) is 21.7. The van der Waals surface area contributed by atoms with Crippen molar-refractivity contribution in [3.05, 3.63) is 81.8 Å². The maximum Gasteiger partial charge on any atom is 1.00 e. The minimum Gasteiger partial charge on any atom is -0.870 e. The number of fused-ring (bicyclic) bond motifs is 1. The number of nitrogens with one attached hydrogen (secondary N) is 1.